The fourth-order valence-corrected chi connectivity index (χ4v) is 2.38. The second kappa shape index (κ2) is 3.56. The van der Waals surface area contributed by atoms with E-state index in [0.29, 0.717) is 24.2 Å². The van der Waals surface area contributed by atoms with Crippen LogP contribution < -0.4 is 5.32 Å². The van der Waals surface area contributed by atoms with E-state index in [0.717, 1.165) is 19.8 Å². The SMILES string of the molecule is CC1NCC(C)N(C2COC2)C1C. The van der Waals surface area contributed by atoms with Gasteiger partial charge in [-0.3, -0.25) is 4.90 Å². The van der Waals surface area contributed by atoms with E-state index in [4.69, 9.17) is 4.74 Å². The van der Waals surface area contributed by atoms with Crippen LogP contribution in [0.4, 0.5) is 0 Å². The first-order valence-corrected chi connectivity index (χ1v) is 5.28. The standard InChI is InChI=1S/C10H20N2O/c1-7-4-11-8(2)9(3)12(7)10-5-13-6-10/h7-11H,4-6H2,1-3H3. The molecule has 3 unspecified atom stereocenters. The largest absolute Gasteiger partial charge is 0.378 e. The van der Waals surface area contributed by atoms with Crippen LogP contribution in [0.2, 0.25) is 0 Å². The van der Waals surface area contributed by atoms with Crippen molar-refractivity contribution in [1.29, 1.82) is 0 Å². The highest BCUT2D eigenvalue weighted by molar-refractivity contribution is 4.93. The van der Waals surface area contributed by atoms with Crippen LogP contribution in [0.25, 0.3) is 0 Å². The second-order valence-electron chi connectivity index (χ2n) is 4.43. The topological polar surface area (TPSA) is 24.5 Å². The van der Waals surface area contributed by atoms with Crippen molar-refractivity contribution < 1.29 is 4.74 Å². The van der Waals surface area contributed by atoms with Gasteiger partial charge in [0.2, 0.25) is 0 Å². The fourth-order valence-electron chi connectivity index (χ4n) is 2.38. The third-order valence-corrected chi connectivity index (χ3v) is 3.48. The highest BCUT2D eigenvalue weighted by Gasteiger charge is 2.37. The molecule has 2 heterocycles. The lowest BCUT2D eigenvalue weighted by Crippen LogP contribution is -2.66. The predicted octanol–water partition coefficient (Wildman–Crippen LogP) is 0.456. The zero-order valence-electron chi connectivity index (χ0n) is 8.79. The molecule has 0 saturated carbocycles. The Morgan fingerprint density at radius 2 is 1.92 bits per heavy atom. The molecule has 0 radical (unpaired) electrons. The van der Waals surface area contributed by atoms with E-state index in [-0.39, 0.29) is 0 Å². The zero-order chi connectivity index (χ0) is 9.42. The summed E-state index contributed by atoms with van der Waals surface area (Å²) in [6, 6.07) is 2.57. The van der Waals surface area contributed by atoms with Gasteiger partial charge in [0.15, 0.2) is 0 Å². The van der Waals surface area contributed by atoms with Crippen LogP contribution in [-0.4, -0.2) is 48.8 Å². The van der Waals surface area contributed by atoms with Gasteiger partial charge in [0.25, 0.3) is 0 Å². The van der Waals surface area contributed by atoms with Gasteiger partial charge in [-0.25, -0.2) is 0 Å². The molecule has 3 atom stereocenters. The molecule has 0 amide bonds. The van der Waals surface area contributed by atoms with E-state index in [9.17, 15) is 0 Å². The number of ether oxygens (including phenoxy) is 1. The predicted molar refractivity (Wildman–Crippen MR) is 52.8 cm³/mol. The van der Waals surface area contributed by atoms with Crippen LogP contribution in [0.1, 0.15) is 20.8 Å². The van der Waals surface area contributed by atoms with E-state index < -0.39 is 0 Å². The maximum atomic E-state index is 5.26. The maximum absolute atomic E-state index is 5.26. The Morgan fingerprint density at radius 1 is 1.23 bits per heavy atom. The Balaban J connectivity index is 2.02. The van der Waals surface area contributed by atoms with Crippen molar-refractivity contribution in [2.24, 2.45) is 0 Å². The van der Waals surface area contributed by atoms with Crippen LogP contribution in [-0.2, 0) is 4.74 Å². The highest BCUT2D eigenvalue weighted by atomic mass is 16.5. The molecular formula is C10H20N2O. The van der Waals surface area contributed by atoms with E-state index in [2.05, 4.69) is 31.0 Å². The molecule has 0 aromatic heterocycles. The van der Waals surface area contributed by atoms with Crippen molar-refractivity contribution in [3.63, 3.8) is 0 Å². The third-order valence-electron chi connectivity index (χ3n) is 3.48. The summed E-state index contributed by atoms with van der Waals surface area (Å²) in [6.45, 7) is 9.85. The molecule has 0 aliphatic carbocycles. The first-order valence-electron chi connectivity index (χ1n) is 5.28. The van der Waals surface area contributed by atoms with E-state index in [1.165, 1.54) is 0 Å². The molecule has 2 rings (SSSR count). The molecule has 2 aliphatic heterocycles. The molecule has 0 bridgehead atoms. The van der Waals surface area contributed by atoms with Crippen LogP contribution in [0.3, 0.4) is 0 Å². The van der Waals surface area contributed by atoms with Crippen molar-refractivity contribution in [3.8, 4) is 0 Å². The Bertz CT molecular complexity index is 180. The summed E-state index contributed by atoms with van der Waals surface area (Å²) in [5.41, 5.74) is 0. The third kappa shape index (κ3) is 1.60. The molecule has 76 valence electrons. The highest BCUT2D eigenvalue weighted by Crippen LogP contribution is 2.21. The summed E-state index contributed by atoms with van der Waals surface area (Å²) in [7, 11) is 0. The summed E-state index contributed by atoms with van der Waals surface area (Å²) in [6.07, 6.45) is 0. The number of piperazine rings is 1. The molecule has 3 nitrogen and oxygen atoms in total. The van der Waals surface area contributed by atoms with Crippen LogP contribution in [0.15, 0.2) is 0 Å². The Morgan fingerprint density at radius 3 is 2.46 bits per heavy atom. The van der Waals surface area contributed by atoms with Gasteiger partial charge in [-0.2, -0.15) is 0 Å². The van der Waals surface area contributed by atoms with Crippen molar-refractivity contribution >= 4 is 0 Å². The van der Waals surface area contributed by atoms with Gasteiger partial charge in [-0.15, -0.1) is 0 Å². The average molecular weight is 184 g/mol. The summed E-state index contributed by atoms with van der Waals surface area (Å²) in [4.78, 5) is 2.62. The summed E-state index contributed by atoms with van der Waals surface area (Å²) >= 11 is 0. The molecule has 2 fully saturated rings. The maximum Gasteiger partial charge on any atom is 0.0645 e. The van der Waals surface area contributed by atoms with Crippen molar-refractivity contribution in [3.05, 3.63) is 0 Å². The average Bonchev–Trinajstić information content (AvgIpc) is 2.02. The van der Waals surface area contributed by atoms with Gasteiger partial charge in [-0.1, -0.05) is 0 Å². The number of nitrogens with one attached hydrogen (secondary N) is 1. The smallest absolute Gasteiger partial charge is 0.0645 e. The summed E-state index contributed by atoms with van der Waals surface area (Å²) in [5.74, 6) is 0. The zero-order valence-corrected chi connectivity index (χ0v) is 8.79. The van der Waals surface area contributed by atoms with Gasteiger partial charge in [0.05, 0.1) is 19.3 Å². The Labute approximate surface area is 80.4 Å². The molecular weight excluding hydrogens is 164 g/mol. The normalized spacial score (nSPS) is 43.2. The van der Waals surface area contributed by atoms with Gasteiger partial charge < -0.3 is 10.1 Å². The summed E-state index contributed by atoms with van der Waals surface area (Å²) in [5, 5.41) is 3.53. The van der Waals surface area contributed by atoms with E-state index in [1.54, 1.807) is 0 Å². The van der Waals surface area contributed by atoms with Crippen LogP contribution >= 0.6 is 0 Å². The van der Waals surface area contributed by atoms with Gasteiger partial charge in [-0.05, 0) is 20.8 Å². The molecule has 1 N–H and O–H groups in total. The first-order chi connectivity index (χ1) is 6.20. The van der Waals surface area contributed by atoms with E-state index in [1.807, 2.05) is 0 Å². The van der Waals surface area contributed by atoms with Gasteiger partial charge in [0, 0.05) is 24.7 Å². The van der Waals surface area contributed by atoms with Crippen molar-refractivity contribution in [1.82, 2.24) is 10.2 Å². The quantitative estimate of drug-likeness (QED) is 0.640. The van der Waals surface area contributed by atoms with Crippen LogP contribution in [0, 0.1) is 0 Å². The molecule has 2 aliphatic rings. The first kappa shape index (κ1) is 9.44. The minimum atomic E-state index is 0.608. The van der Waals surface area contributed by atoms with Crippen molar-refractivity contribution in [2.45, 2.75) is 44.9 Å². The minimum absolute atomic E-state index is 0.608. The fraction of sp³-hybridized carbons (Fsp3) is 1.00. The number of hydrogen-bond donors (Lipinski definition) is 1. The monoisotopic (exact) mass is 184 g/mol. The lowest BCUT2D eigenvalue weighted by Gasteiger charge is -2.50. The van der Waals surface area contributed by atoms with Gasteiger partial charge in [0.1, 0.15) is 0 Å². The van der Waals surface area contributed by atoms with Crippen molar-refractivity contribution in [2.75, 3.05) is 19.8 Å². The summed E-state index contributed by atoms with van der Waals surface area (Å²) < 4.78 is 5.26. The second-order valence-corrected chi connectivity index (χ2v) is 4.43. The Kier molecular flexibility index (Phi) is 2.58. The minimum Gasteiger partial charge on any atom is -0.378 e. The lowest BCUT2D eigenvalue weighted by atomic mass is 9.99. The lowest BCUT2D eigenvalue weighted by molar-refractivity contribution is -0.103. The number of rotatable bonds is 1. The molecule has 3 heteroatoms. The number of hydrogen-bond acceptors (Lipinski definition) is 3. The van der Waals surface area contributed by atoms with Gasteiger partial charge >= 0.3 is 0 Å². The molecule has 2 saturated heterocycles. The molecule has 0 aromatic rings. The van der Waals surface area contributed by atoms with E-state index >= 15 is 0 Å². The molecule has 0 spiro atoms. The van der Waals surface area contributed by atoms with Crippen LogP contribution in [0.5, 0.6) is 0 Å². The Hall–Kier alpha value is -0.120. The molecule has 13 heavy (non-hydrogen) atoms. The number of nitrogens with zero attached hydrogens (tertiary/aromatic N) is 1. The molecule has 0 aromatic carbocycles.